The summed E-state index contributed by atoms with van der Waals surface area (Å²) in [7, 11) is 1.59. The van der Waals surface area contributed by atoms with Crippen molar-refractivity contribution in [3.63, 3.8) is 0 Å². The van der Waals surface area contributed by atoms with E-state index in [1.807, 2.05) is 39.8 Å². The fourth-order valence-electron chi connectivity index (χ4n) is 3.42. The van der Waals surface area contributed by atoms with E-state index in [0.29, 0.717) is 45.3 Å². The van der Waals surface area contributed by atoms with Gasteiger partial charge in [0.2, 0.25) is 0 Å². The van der Waals surface area contributed by atoms with Gasteiger partial charge in [-0.05, 0) is 58.4 Å². The molecule has 1 unspecified atom stereocenters. The molecule has 8 nitrogen and oxygen atoms in total. The number of nitrogens with zero attached hydrogens (tertiary/aromatic N) is 2. The smallest absolute Gasteiger partial charge is 0.255 e. The standard InChI is InChI=1S/C25H31Cl2N5O3/c1-8-17(34-7)10-13(3)12-29-16(6)20(14(4)28)25(33)30-15(5)18-11-19(26)21-22(23(18)35-9-2)31-32-24(21)27/h8,10-12,15H,4,9,28H2,1-3,5-7H3,(H,30,33)(H,31,32)/b13-10+,17-8+,20-16-,29-12+. The van der Waals surface area contributed by atoms with E-state index in [1.165, 1.54) is 0 Å². The average molecular weight is 520 g/mol. The third-order valence-corrected chi connectivity index (χ3v) is 5.67. The lowest BCUT2D eigenvalue weighted by molar-refractivity contribution is -0.117. The summed E-state index contributed by atoms with van der Waals surface area (Å²) in [5.41, 5.74) is 8.67. The van der Waals surface area contributed by atoms with Crippen LogP contribution in [0.1, 0.15) is 46.2 Å². The zero-order chi connectivity index (χ0) is 26.3. The lowest BCUT2D eigenvalue weighted by atomic mass is 10.0. The predicted octanol–water partition coefficient (Wildman–Crippen LogP) is 5.76. The normalized spacial score (nSPS) is 14.2. The first-order chi connectivity index (χ1) is 16.5. The molecule has 1 aromatic heterocycles. The summed E-state index contributed by atoms with van der Waals surface area (Å²) in [6.45, 7) is 13.2. The number of hydrogen-bond acceptors (Lipinski definition) is 6. The average Bonchev–Trinajstić information content (AvgIpc) is 3.19. The molecule has 0 fully saturated rings. The number of ether oxygens (including phenoxy) is 2. The van der Waals surface area contributed by atoms with Crippen molar-refractivity contribution >= 4 is 46.2 Å². The van der Waals surface area contributed by atoms with Crippen LogP contribution in [-0.2, 0) is 9.53 Å². The van der Waals surface area contributed by atoms with E-state index < -0.39 is 11.9 Å². The van der Waals surface area contributed by atoms with E-state index >= 15 is 0 Å². The number of nitrogens with two attached hydrogens (primary N) is 1. The molecule has 1 amide bonds. The van der Waals surface area contributed by atoms with Crippen molar-refractivity contribution in [3.8, 4) is 5.75 Å². The Morgan fingerprint density at radius 3 is 2.66 bits per heavy atom. The predicted molar refractivity (Wildman–Crippen MR) is 143 cm³/mol. The van der Waals surface area contributed by atoms with Crippen molar-refractivity contribution in [3.05, 3.63) is 68.8 Å². The molecule has 4 N–H and O–H groups in total. The largest absolute Gasteiger partial charge is 0.497 e. The van der Waals surface area contributed by atoms with Gasteiger partial charge in [-0.3, -0.25) is 14.9 Å². The van der Waals surface area contributed by atoms with Crippen molar-refractivity contribution in [2.24, 2.45) is 10.7 Å². The summed E-state index contributed by atoms with van der Waals surface area (Å²) < 4.78 is 11.1. The molecule has 0 aliphatic heterocycles. The van der Waals surface area contributed by atoms with Crippen molar-refractivity contribution < 1.29 is 14.3 Å². The molecule has 0 saturated heterocycles. The van der Waals surface area contributed by atoms with Gasteiger partial charge in [-0.25, -0.2) is 0 Å². The fraction of sp³-hybridized carbons (Fsp3) is 0.320. The molecule has 1 aromatic carbocycles. The molecular weight excluding hydrogens is 489 g/mol. The van der Waals surface area contributed by atoms with E-state index in [2.05, 4.69) is 27.1 Å². The number of aromatic amines is 1. The molecular formula is C25H31Cl2N5O3. The molecule has 2 rings (SSSR count). The lowest BCUT2D eigenvalue weighted by Gasteiger charge is -2.20. The fourth-order valence-corrected chi connectivity index (χ4v) is 4.00. The minimum atomic E-state index is -0.500. The van der Waals surface area contributed by atoms with Gasteiger partial charge in [0, 0.05) is 17.5 Å². The van der Waals surface area contributed by atoms with Crippen LogP contribution in [0.2, 0.25) is 10.2 Å². The highest BCUT2D eigenvalue weighted by molar-refractivity contribution is 6.41. The van der Waals surface area contributed by atoms with Crippen LogP contribution >= 0.6 is 23.2 Å². The molecule has 0 aliphatic carbocycles. The number of hydrogen-bond donors (Lipinski definition) is 3. The molecule has 0 radical (unpaired) electrons. The number of rotatable bonds is 10. The Kier molecular flexibility index (Phi) is 9.98. The Morgan fingerprint density at radius 2 is 2.09 bits per heavy atom. The summed E-state index contributed by atoms with van der Waals surface area (Å²) in [6, 6.07) is 1.20. The van der Waals surface area contributed by atoms with Gasteiger partial charge < -0.3 is 20.5 Å². The van der Waals surface area contributed by atoms with E-state index in [1.54, 1.807) is 26.3 Å². The Hall–Kier alpha value is -3.23. The summed E-state index contributed by atoms with van der Waals surface area (Å²) in [5, 5.41) is 11.0. The second-order valence-corrected chi connectivity index (χ2v) is 8.46. The first kappa shape index (κ1) is 28.0. The summed E-state index contributed by atoms with van der Waals surface area (Å²) >= 11 is 12.6. The second kappa shape index (κ2) is 12.5. The molecule has 0 spiro atoms. The second-order valence-electron chi connectivity index (χ2n) is 7.70. The Balaban J connectivity index is 2.40. The van der Waals surface area contributed by atoms with Crippen molar-refractivity contribution in [2.75, 3.05) is 13.7 Å². The van der Waals surface area contributed by atoms with Crippen LogP contribution in [0.5, 0.6) is 5.75 Å². The first-order valence-electron chi connectivity index (χ1n) is 10.9. The molecule has 10 heteroatoms. The van der Waals surface area contributed by atoms with Crippen LogP contribution in [0, 0.1) is 0 Å². The van der Waals surface area contributed by atoms with Crippen LogP contribution in [0.15, 0.2) is 58.1 Å². The highest BCUT2D eigenvalue weighted by atomic mass is 35.5. The number of H-pyrrole nitrogens is 1. The highest BCUT2D eigenvalue weighted by Gasteiger charge is 2.24. The van der Waals surface area contributed by atoms with Crippen LogP contribution in [0.3, 0.4) is 0 Å². The Morgan fingerprint density at radius 1 is 1.40 bits per heavy atom. The van der Waals surface area contributed by atoms with Gasteiger partial charge in [-0.15, -0.1) is 0 Å². The van der Waals surface area contributed by atoms with Gasteiger partial charge in [0.05, 0.1) is 41.4 Å². The quantitative estimate of drug-likeness (QED) is 0.160. The molecule has 1 heterocycles. The highest BCUT2D eigenvalue weighted by Crippen LogP contribution is 2.40. The van der Waals surface area contributed by atoms with Gasteiger partial charge in [0.1, 0.15) is 17.0 Å². The number of halogens is 2. The van der Waals surface area contributed by atoms with E-state index in [-0.39, 0.29) is 16.4 Å². The number of aliphatic imine (C=N–C) groups is 1. The van der Waals surface area contributed by atoms with Crippen LogP contribution in [-0.4, -0.2) is 36.0 Å². The van der Waals surface area contributed by atoms with Gasteiger partial charge in [0.25, 0.3) is 5.91 Å². The maximum atomic E-state index is 13.2. The Bertz CT molecular complexity index is 1240. The number of aromatic nitrogens is 2. The maximum Gasteiger partial charge on any atom is 0.255 e. The number of amides is 1. The lowest BCUT2D eigenvalue weighted by Crippen LogP contribution is -2.30. The number of methoxy groups -OCH3 is 1. The third kappa shape index (κ3) is 6.68. The van der Waals surface area contributed by atoms with Crippen LogP contribution < -0.4 is 15.8 Å². The number of benzene rings is 1. The molecule has 0 saturated carbocycles. The summed E-state index contributed by atoms with van der Waals surface area (Å²) in [6.07, 6.45) is 5.28. The zero-order valence-electron chi connectivity index (χ0n) is 20.8. The summed E-state index contributed by atoms with van der Waals surface area (Å²) in [4.78, 5) is 17.6. The van der Waals surface area contributed by atoms with Crippen LogP contribution in [0.25, 0.3) is 10.9 Å². The SMILES string of the molecule is C=C(N)/C(C(=O)NC(C)c1cc(Cl)c2c(Cl)n[nH]c2c1OCC)=C(C)/N=C/C(C)=C/C(=C\C)OC. The molecule has 0 bridgehead atoms. The van der Waals surface area contributed by atoms with Gasteiger partial charge >= 0.3 is 0 Å². The zero-order valence-corrected chi connectivity index (χ0v) is 22.3. The molecule has 1 atom stereocenters. The minimum absolute atomic E-state index is 0.0934. The Labute approximate surface area is 215 Å². The number of carbonyl (C=O) groups is 1. The van der Waals surface area contributed by atoms with Crippen molar-refractivity contribution in [2.45, 2.75) is 40.7 Å². The van der Waals surface area contributed by atoms with Crippen LogP contribution in [0.4, 0.5) is 0 Å². The maximum absolute atomic E-state index is 13.2. The molecule has 0 aliphatic rings. The number of allylic oxidation sites excluding steroid dienone is 4. The molecule has 35 heavy (non-hydrogen) atoms. The van der Waals surface area contributed by atoms with Gasteiger partial charge in [-0.1, -0.05) is 29.8 Å². The van der Waals surface area contributed by atoms with E-state index in [0.717, 1.165) is 5.57 Å². The minimum Gasteiger partial charge on any atom is -0.497 e. The number of nitrogens with one attached hydrogen (secondary N) is 2. The molecule has 188 valence electrons. The first-order valence-corrected chi connectivity index (χ1v) is 11.7. The summed E-state index contributed by atoms with van der Waals surface area (Å²) in [5.74, 6) is 0.767. The number of carbonyl (C=O) groups excluding carboxylic acids is 1. The molecule has 2 aromatic rings. The van der Waals surface area contributed by atoms with Gasteiger partial charge in [0.15, 0.2) is 5.15 Å². The topological polar surface area (TPSA) is 115 Å². The third-order valence-electron chi connectivity index (χ3n) is 5.10. The van der Waals surface area contributed by atoms with Gasteiger partial charge in [-0.2, -0.15) is 5.10 Å². The van der Waals surface area contributed by atoms with Crippen molar-refractivity contribution in [1.29, 1.82) is 0 Å². The number of fused-ring (bicyclic) bond motifs is 1. The van der Waals surface area contributed by atoms with E-state index in [9.17, 15) is 4.79 Å². The van der Waals surface area contributed by atoms with Crippen molar-refractivity contribution in [1.82, 2.24) is 15.5 Å². The van der Waals surface area contributed by atoms with E-state index in [4.69, 9.17) is 38.4 Å². The monoisotopic (exact) mass is 519 g/mol.